The fourth-order valence-electron chi connectivity index (χ4n) is 2.12. The lowest BCUT2D eigenvalue weighted by atomic mass is 10.0. The standard InChI is InChI=1S/C16H30N/c1-3-4-5-6-7-8-9-10-11-12-13-14-16(2)15-17/h16H,2-14H2,1H3. The SMILES string of the molecule is [CH2]C(C#N)CCCCCCCCCCCCC. The molecule has 1 nitrogen and oxygen atoms in total. The maximum Gasteiger partial charge on any atom is 0.0655 e. The van der Waals surface area contributed by atoms with E-state index >= 15 is 0 Å². The second-order valence-corrected chi connectivity index (χ2v) is 5.15. The first-order valence-corrected chi connectivity index (χ1v) is 7.54. The second kappa shape index (κ2) is 13.6. The highest BCUT2D eigenvalue weighted by atomic mass is 14.3. The summed E-state index contributed by atoms with van der Waals surface area (Å²) in [7, 11) is 0. The van der Waals surface area contributed by atoms with E-state index < -0.39 is 0 Å². The van der Waals surface area contributed by atoms with Crippen molar-refractivity contribution >= 4 is 0 Å². The molecule has 0 aliphatic rings. The van der Waals surface area contributed by atoms with Crippen LogP contribution in [0.3, 0.4) is 0 Å². The van der Waals surface area contributed by atoms with Crippen molar-refractivity contribution in [3.05, 3.63) is 6.92 Å². The Labute approximate surface area is 109 Å². The molecule has 1 atom stereocenters. The van der Waals surface area contributed by atoms with Crippen LogP contribution in [-0.4, -0.2) is 0 Å². The third kappa shape index (κ3) is 13.4. The molecule has 0 bridgehead atoms. The van der Waals surface area contributed by atoms with E-state index in [9.17, 15) is 0 Å². The normalized spacial score (nSPS) is 12.3. The smallest absolute Gasteiger partial charge is 0.0655 e. The lowest BCUT2D eigenvalue weighted by molar-refractivity contribution is 0.535. The summed E-state index contributed by atoms with van der Waals surface area (Å²) in [6.07, 6.45) is 16.0. The zero-order valence-electron chi connectivity index (χ0n) is 11.7. The summed E-state index contributed by atoms with van der Waals surface area (Å²) < 4.78 is 0. The van der Waals surface area contributed by atoms with Crippen molar-refractivity contribution in [1.82, 2.24) is 0 Å². The highest BCUT2D eigenvalue weighted by Crippen LogP contribution is 2.13. The van der Waals surface area contributed by atoms with E-state index in [1.54, 1.807) is 0 Å². The first-order chi connectivity index (χ1) is 8.31. The molecule has 0 saturated heterocycles. The average molecular weight is 236 g/mol. The summed E-state index contributed by atoms with van der Waals surface area (Å²) >= 11 is 0. The van der Waals surface area contributed by atoms with Gasteiger partial charge in [-0.1, -0.05) is 77.6 Å². The van der Waals surface area contributed by atoms with Crippen LogP contribution in [0.1, 0.15) is 84.0 Å². The molecule has 0 rings (SSSR count). The molecule has 0 aromatic carbocycles. The van der Waals surface area contributed by atoms with Crippen LogP contribution in [0, 0.1) is 24.2 Å². The molecule has 0 fully saturated rings. The molecule has 1 unspecified atom stereocenters. The Morgan fingerprint density at radius 1 is 0.824 bits per heavy atom. The molecular formula is C16H30N. The van der Waals surface area contributed by atoms with Gasteiger partial charge in [-0.3, -0.25) is 0 Å². The van der Waals surface area contributed by atoms with Gasteiger partial charge in [0, 0.05) is 5.92 Å². The van der Waals surface area contributed by atoms with Gasteiger partial charge in [0.1, 0.15) is 0 Å². The Kier molecular flexibility index (Phi) is 13.1. The van der Waals surface area contributed by atoms with Crippen LogP contribution in [0.15, 0.2) is 0 Å². The minimum absolute atomic E-state index is 0.00793. The lowest BCUT2D eigenvalue weighted by Gasteiger charge is -2.03. The van der Waals surface area contributed by atoms with E-state index in [2.05, 4.69) is 19.9 Å². The van der Waals surface area contributed by atoms with Gasteiger partial charge in [-0.2, -0.15) is 5.26 Å². The van der Waals surface area contributed by atoms with Gasteiger partial charge < -0.3 is 0 Å². The topological polar surface area (TPSA) is 23.8 Å². The highest BCUT2D eigenvalue weighted by molar-refractivity contribution is 4.83. The van der Waals surface area contributed by atoms with E-state index in [0.717, 1.165) is 6.42 Å². The van der Waals surface area contributed by atoms with E-state index in [4.69, 9.17) is 5.26 Å². The number of rotatable bonds is 12. The third-order valence-corrected chi connectivity index (χ3v) is 3.34. The zero-order valence-corrected chi connectivity index (χ0v) is 11.7. The molecule has 1 radical (unpaired) electrons. The van der Waals surface area contributed by atoms with E-state index in [-0.39, 0.29) is 5.92 Å². The average Bonchev–Trinajstić information content (AvgIpc) is 2.35. The monoisotopic (exact) mass is 236 g/mol. The fourth-order valence-corrected chi connectivity index (χ4v) is 2.12. The number of hydrogen-bond acceptors (Lipinski definition) is 1. The van der Waals surface area contributed by atoms with Gasteiger partial charge in [0.25, 0.3) is 0 Å². The number of nitrogens with zero attached hydrogens (tertiary/aromatic N) is 1. The van der Waals surface area contributed by atoms with E-state index in [1.807, 2.05) is 0 Å². The van der Waals surface area contributed by atoms with Gasteiger partial charge in [-0.25, -0.2) is 0 Å². The van der Waals surface area contributed by atoms with Gasteiger partial charge in [-0.05, 0) is 13.3 Å². The Bertz CT molecular complexity index is 180. The quantitative estimate of drug-likeness (QED) is 0.401. The number of nitriles is 1. The molecule has 0 amide bonds. The second-order valence-electron chi connectivity index (χ2n) is 5.15. The molecule has 17 heavy (non-hydrogen) atoms. The summed E-state index contributed by atoms with van der Waals surface area (Å²) in [5, 5.41) is 8.58. The maximum absolute atomic E-state index is 8.58. The van der Waals surface area contributed by atoms with Crippen LogP contribution in [-0.2, 0) is 0 Å². The van der Waals surface area contributed by atoms with Crippen LogP contribution in [0.25, 0.3) is 0 Å². The summed E-state index contributed by atoms with van der Waals surface area (Å²) in [6, 6.07) is 2.19. The lowest BCUT2D eigenvalue weighted by Crippen LogP contribution is -1.90. The highest BCUT2D eigenvalue weighted by Gasteiger charge is 1.98. The predicted octanol–water partition coefficient (Wildman–Crippen LogP) is 5.66. The van der Waals surface area contributed by atoms with Crippen LogP contribution < -0.4 is 0 Å². The molecule has 1 heteroatoms. The minimum Gasteiger partial charge on any atom is -0.198 e. The first kappa shape index (κ1) is 16.5. The van der Waals surface area contributed by atoms with Crippen LogP contribution >= 0.6 is 0 Å². The van der Waals surface area contributed by atoms with E-state index in [0.29, 0.717) is 0 Å². The number of unbranched alkanes of at least 4 members (excludes halogenated alkanes) is 10. The van der Waals surface area contributed by atoms with Gasteiger partial charge in [0.15, 0.2) is 0 Å². The van der Waals surface area contributed by atoms with Crippen LogP contribution in [0.4, 0.5) is 0 Å². The molecule has 0 N–H and O–H groups in total. The van der Waals surface area contributed by atoms with Crippen molar-refractivity contribution in [2.45, 2.75) is 84.0 Å². The molecule has 99 valence electrons. The van der Waals surface area contributed by atoms with Crippen molar-refractivity contribution in [3.63, 3.8) is 0 Å². The van der Waals surface area contributed by atoms with E-state index in [1.165, 1.54) is 70.6 Å². The molecule has 0 spiro atoms. The van der Waals surface area contributed by atoms with Gasteiger partial charge in [-0.15, -0.1) is 0 Å². The molecule has 0 aliphatic heterocycles. The molecule has 0 aromatic rings. The van der Waals surface area contributed by atoms with Crippen molar-refractivity contribution in [3.8, 4) is 6.07 Å². The summed E-state index contributed by atoms with van der Waals surface area (Å²) in [4.78, 5) is 0. The van der Waals surface area contributed by atoms with Crippen molar-refractivity contribution in [1.29, 1.82) is 5.26 Å². The predicted molar refractivity (Wildman–Crippen MR) is 75.5 cm³/mol. The van der Waals surface area contributed by atoms with Crippen molar-refractivity contribution < 1.29 is 0 Å². The molecule has 0 aliphatic carbocycles. The molecule has 0 aromatic heterocycles. The summed E-state index contributed by atoms with van der Waals surface area (Å²) in [5.41, 5.74) is 0. The fraction of sp³-hybridized carbons (Fsp3) is 0.875. The molecule has 0 saturated carbocycles. The first-order valence-electron chi connectivity index (χ1n) is 7.54. The Morgan fingerprint density at radius 2 is 1.24 bits per heavy atom. The Morgan fingerprint density at radius 3 is 1.65 bits per heavy atom. The summed E-state index contributed by atoms with van der Waals surface area (Å²) in [5.74, 6) is 0.00793. The minimum atomic E-state index is 0.00793. The maximum atomic E-state index is 8.58. The largest absolute Gasteiger partial charge is 0.198 e. The third-order valence-electron chi connectivity index (χ3n) is 3.34. The van der Waals surface area contributed by atoms with Gasteiger partial charge >= 0.3 is 0 Å². The Hall–Kier alpha value is -0.510. The zero-order chi connectivity index (χ0) is 12.8. The number of hydrogen-bond donors (Lipinski definition) is 0. The van der Waals surface area contributed by atoms with Gasteiger partial charge in [0.05, 0.1) is 6.07 Å². The van der Waals surface area contributed by atoms with Crippen molar-refractivity contribution in [2.75, 3.05) is 0 Å². The van der Waals surface area contributed by atoms with Crippen LogP contribution in [0.5, 0.6) is 0 Å². The molecular weight excluding hydrogens is 206 g/mol. The molecule has 0 heterocycles. The summed E-state index contributed by atoms with van der Waals surface area (Å²) in [6.45, 7) is 6.04. The van der Waals surface area contributed by atoms with Crippen LogP contribution in [0.2, 0.25) is 0 Å². The Balaban J connectivity index is 2.97. The van der Waals surface area contributed by atoms with Gasteiger partial charge in [0.2, 0.25) is 0 Å². The van der Waals surface area contributed by atoms with Crippen molar-refractivity contribution in [2.24, 2.45) is 5.92 Å².